The number of ketones is 1. The molecule has 0 spiro atoms. The Bertz CT molecular complexity index is 677. The summed E-state index contributed by atoms with van der Waals surface area (Å²) in [7, 11) is 0. The highest BCUT2D eigenvalue weighted by Crippen LogP contribution is 2.21. The predicted molar refractivity (Wildman–Crippen MR) is 78.8 cm³/mol. The maximum Gasteiger partial charge on any atom is 0.408 e. The Hall–Kier alpha value is -2.21. The second-order valence-corrected chi connectivity index (χ2v) is 5.36. The Morgan fingerprint density at radius 1 is 1.38 bits per heavy atom. The molecule has 0 fully saturated rings. The van der Waals surface area contributed by atoms with Gasteiger partial charge in [0.2, 0.25) is 0 Å². The van der Waals surface area contributed by atoms with Gasteiger partial charge in [-0.2, -0.15) is 4.68 Å². The molecule has 2 rings (SSSR count). The first-order chi connectivity index (χ1) is 9.88. The van der Waals surface area contributed by atoms with Crippen molar-refractivity contribution in [2.75, 3.05) is 0 Å². The van der Waals surface area contributed by atoms with Gasteiger partial charge in [0.15, 0.2) is 10.8 Å². The molecule has 2 aromatic rings. The van der Waals surface area contributed by atoms with Crippen LogP contribution in [0.1, 0.15) is 35.7 Å². The molecule has 1 heterocycles. The second kappa shape index (κ2) is 6.05. The molecule has 0 radical (unpaired) electrons. The average molecular weight is 308 g/mol. The van der Waals surface area contributed by atoms with Crippen LogP contribution >= 0.6 is 11.6 Å². The molecule has 1 aromatic carbocycles. The van der Waals surface area contributed by atoms with E-state index in [1.807, 2.05) is 12.1 Å². The molecule has 0 N–H and O–H groups in total. The molecule has 0 saturated carbocycles. The topological polar surface area (TPSA) is 78.0 Å². The molecule has 110 valence electrons. The lowest BCUT2D eigenvalue weighted by atomic mass is 10.0. The SMILES string of the molecule is CC(C)c1ccc(C(=O)Cn2cc(Cl)c([N+](=O)[O-])n2)cc1. The standard InChI is InChI=1S/C14H14ClN3O3/c1-9(2)10-3-5-11(6-4-10)13(19)8-17-7-12(15)14(16-17)18(20)21/h3-7,9H,8H2,1-2H3. The van der Waals surface area contributed by atoms with Crippen LogP contribution in [0.4, 0.5) is 5.82 Å². The van der Waals surface area contributed by atoms with Gasteiger partial charge in [-0.1, -0.05) is 49.7 Å². The van der Waals surface area contributed by atoms with Gasteiger partial charge >= 0.3 is 5.82 Å². The third kappa shape index (κ3) is 3.46. The summed E-state index contributed by atoms with van der Waals surface area (Å²) in [6, 6.07) is 7.29. The molecule has 0 unspecified atom stereocenters. The fourth-order valence-corrected chi connectivity index (χ4v) is 2.10. The van der Waals surface area contributed by atoms with Crippen LogP contribution in [0.15, 0.2) is 30.5 Å². The highest BCUT2D eigenvalue weighted by molar-refractivity contribution is 6.32. The van der Waals surface area contributed by atoms with E-state index in [4.69, 9.17) is 11.6 Å². The number of nitro groups is 1. The van der Waals surface area contributed by atoms with E-state index < -0.39 is 10.7 Å². The van der Waals surface area contributed by atoms with E-state index >= 15 is 0 Å². The highest BCUT2D eigenvalue weighted by atomic mass is 35.5. The van der Waals surface area contributed by atoms with Crippen molar-refractivity contribution in [2.45, 2.75) is 26.3 Å². The van der Waals surface area contributed by atoms with Crippen LogP contribution in [-0.2, 0) is 6.54 Å². The van der Waals surface area contributed by atoms with Crippen LogP contribution in [0.2, 0.25) is 5.02 Å². The van der Waals surface area contributed by atoms with Gasteiger partial charge in [-0.05, 0) is 16.4 Å². The van der Waals surface area contributed by atoms with Crippen molar-refractivity contribution in [3.8, 4) is 0 Å². The van der Waals surface area contributed by atoms with E-state index in [1.165, 1.54) is 10.9 Å². The van der Waals surface area contributed by atoms with Crippen molar-refractivity contribution in [1.82, 2.24) is 9.78 Å². The normalized spacial score (nSPS) is 10.9. The van der Waals surface area contributed by atoms with Crippen LogP contribution in [0.5, 0.6) is 0 Å². The number of nitrogens with zero attached hydrogens (tertiary/aromatic N) is 3. The Labute approximate surface area is 126 Å². The number of carbonyl (C=O) groups excluding carboxylic acids is 1. The summed E-state index contributed by atoms with van der Waals surface area (Å²) in [5, 5.41) is 14.3. The fraction of sp³-hybridized carbons (Fsp3) is 0.286. The van der Waals surface area contributed by atoms with E-state index in [0.29, 0.717) is 11.5 Å². The first-order valence-electron chi connectivity index (χ1n) is 6.39. The predicted octanol–water partition coefficient (Wildman–Crippen LogP) is 3.45. The third-order valence-corrected chi connectivity index (χ3v) is 3.34. The monoisotopic (exact) mass is 307 g/mol. The summed E-state index contributed by atoms with van der Waals surface area (Å²) < 4.78 is 1.18. The summed E-state index contributed by atoms with van der Waals surface area (Å²) in [4.78, 5) is 22.1. The first kappa shape index (κ1) is 15.2. The molecule has 7 heteroatoms. The fourth-order valence-electron chi connectivity index (χ4n) is 1.88. The molecule has 0 atom stereocenters. The number of Topliss-reactive ketones (excluding diaryl/α,β-unsaturated/α-hetero) is 1. The smallest absolute Gasteiger partial charge is 0.358 e. The van der Waals surface area contributed by atoms with Crippen LogP contribution in [-0.4, -0.2) is 20.5 Å². The maximum atomic E-state index is 12.1. The van der Waals surface area contributed by atoms with Crippen LogP contribution in [0.3, 0.4) is 0 Å². The molecule has 0 saturated heterocycles. The Morgan fingerprint density at radius 2 is 2.00 bits per heavy atom. The molecule has 0 aliphatic heterocycles. The number of hydrogen-bond donors (Lipinski definition) is 0. The summed E-state index contributed by atoms with van der Waals surface area (Å²) in [6.45, 7) is 4.05. The minimum Gasteiger partial charge on any atom is -0.358 e. The Morgan fingerprint density at radius 3 is 2.48 bits per heavy atom. The third-order valence-electron chi connectivity index (χ3n) is 3.08. The van der Waals surface area contributed by atoms with E-state index in [0.717, 1.165) is 5.56 Å². The Kier molecular flexibility index (Phi) is 4.37. The minimum absolute atomic E-state index is 0.0806. The van der Waals surface area contributed by atoms with E-state index in [-0.39, 0.29) is 17.4 Å². The largest absolute Gasteiger partial charge is 0.408 e. The summed E-state index contributed by atoms with van der Waals surface area (Å²) in [6.07, 6.45) is 1.28. The van der Waals surface area contributed by atoms with Gasteiger partial charge in [0.05, 0.1) is 11.3 Å². The average Bonchev–Trinajstić information content (AvgIpc) is 2.79. The second-order valence-electron chi connectivity index (χ2n) is 4.96. The Balaban J connectivity index is 2.14. The van der Waals surface area contributed by atoms with Crippen molar-refractivity contribution in [3.05, 3.63) is 56.7 Å². The summed E-state index contributed by atoms with van der Waals surface area (Å²) >= 11 is 5.69. The molecule has 0 bridgehead atoms. The molecule has 0 aliphatic carbocycles. The van der Waals surface area contributed by atoms with Gasteiger partial charge in [-0.25, -0.2) is 0 Å². The van der Waals surface area contributed by atoms with Crippen molar-refractivity contribution in [1.29, 1.82) is 0 Å². The minimum atomic E-state index is -0.680. The molecule has 6 nitrogen and oxygen atoms in total. The molecule has 0 amide bonds. The zero-order valence-electron chi connectivity index (χ0n) is 11.6. The van der Waals surface area contributed by atoms with Gasteiger partial charge in [0.1, 0.15) is 6.54 Å². The number of hydrogen-bond acceptors (Lipinski definition) is 4. The zero-order valence-corrected chi connectivity index (χ0v) is 12.4. The highest BCUT2D eigenvalue weighted by Gasteiger charge is 2.20. The molecular weight excluding hydrogens is 294 g/mol. The van der Waals surface area contributed by atoms with Crippen LogP contribution in [0, 0.1) is 10.1 Å². The first-order valence-corrected chi connectivity index (χ1v) is 6.76. The van der Waals surface area contributed by atoms with Crippen molar-refractivity contribution < 1.29 is 9.72 Å². The molecule has 0 aliphatic rings. The number of rotatable bonds is 5. The van der Waals surface area contributed by atoms with Crippen molar-refractivity contribution in [2.24, 2.45) is 0 Å². The number of benzene rings is 1. The van der Waals surface area contributed by atoms with Gasteiger partial charge in [-0.15, -0.1) is 0 Å². The lowest BCUT2D eigenvalue weighted by Gasteiger charge is -2.05. The molecular formula is C14H14ClN3O3. The maximum absolute atomic E-state index is 12.1. The lowest BCUT2D eigenvalue weighted by molar-refractivity contribution is -0.389. The quantitative estimate of drug-likeness (QED) is 0.481. The number of halogens is 1. The van der Waals surface area contributed by atoms with E-state index in [9.17, 15) is 14.9 Å². The molecule has 21 heavy (non-hydrogen) atoms. The van der Waals surface area contributed by atoms with E-state index in [2.05, 4.69) is 18.9 Å². The summed E-state index contributed by atoms with van der Waals surface area (Å²) in [5.41, 5.74) is 1.68. The molecule has 1 aromatic heterocycles. The van der Waals surface area contributed by atoms with Gasteiger partial charge in [0, 0.05) is 5.56 Å². The summed E-state index contributed by atoms with van der Waals surface area (Å²) in [5.74, 6) is -0.235. The van der Waals surface area contributed by atoms with Crippen molar-refractivity contribution in [3.63, 3.8) is 0 Å². The van der Waals surface area contributed by atoms with E-state index in [1.54, 1.807) is 12.1 Å². The van der Waals surface area contributed by atoms with Crippen molar-refractivity contribution >= 4 is 23.2 Å². The van der Waals surface area contributed by atoms with Gasteiger partial charge < -0.3 is 10.1 Å². The van der Waals surface area contributed by atoms with Crippen LogP contribution < -0.4 is 0 Å². The number of carbonyl (C=O) groups is 1. The van der Waals surface area contributed by atoms with Crippen LogP contribution in [0.25, 0.3) is 0 Å². The van der Waals surface area contributed by atoms with Gasteiger partial charge in [0.25, 0.3) is 0 Å². The van der Waals surface area contributed by atoms with Gasteiger partial charge in [-0.3, -0.25) is 4.79 Å². The number of aromatic nitrogens is 2. The lowest BCUT2D eigenvalue weighted by Crippen LogP contribution is -2.11. The zero-order chi connectivity index (χ0) is 15.6.